The summed E-state index contributed by atoms with van der Waals surface area (Å²) in [6, 6.07) is 21.0. The number of β-amino-alcohol motifs (C(OH)–C–C–N with tert-alkyl or cyclic N) is 1. The molecule has 3 aromatic carbocycles. The molecule has 4 aromatic rings. The summed E-state index contributed by atoms with van der Waals surface area (Å²) in [4.78, 5) is 15.6. The van der Waals surface area contributed by atoms with Gasteiger partial charge in [-0.25, -0.2) is 0 Å². The Labute approximate surface area is 234 Å². The number of aliphatic hydroxyl groups is 1. The molecule has 5 rings (SSSR count). The highest BCUT2D eigenvalue weighted by molar-refractivity contribution is 6.31. The third-order valence-electron chi connectivity index (χ3n) is 7.40. The van der Waals surface area contributed by atoms with Crippen molar-refractivity contribution in [3.8, 4) is 17.0 Å². The van der Waals surface area contributed by atoms with Gasteiger partial charge in [-0.05, 0) is 72.9 Å². The van der Waals surface area contributed by atoms with Crippen molar-refractivity contribution < 1.29 is 14.6 Å². The van der Waals surface area contributed by atoms with Crippen molar-refractivity contribution in [2.75, 3.05) is 26.2 Å². The van der Waals surface area contributed by atoms with E-state index in [2.05, 4.69) is 34.3 Å². The predicted molar refractivity (Wildman–Crippen MR) is 155 cm³/mol. The Hall–Kier alpha value is -3.39. The highest BCUT2D eigenvalue weighted by Crippen LogP contribution is 2.31. The lowest BCUT2D eigenvalue weighted by Gasteiger charge is -2.31. The van der Waals surface area contributed by atoms with Crippen LogP contribution in [0.15, 0.2) is 66.7 Å². The van der Waals surface area contributed by atoms with Crippen LogP contribution in [0, 0.1) is 5.92 Å². The van der Waals surface area contributed by atoms with Gasteiger partial charge in [0.15, 0.2) is 0 Å². The SMILES string of the molecule is CC(C)C(NC(=O)c1ccc2[nH]nc(-c3ccc(OC4CCN(CCO)CC4)cc3)c2c1)c1ccccc1Cl. The Balaban J connectivity index is 1.31. The highest BCUT2D eigenvalue weighted by atomic mass is 35.5. The molecule has 7 nitrogen and oxygen atoms in total. The Bertz CT molecular complexity index is 1410. The summed E-state index contributed by atoms with van der Waals surface area (Å²) >= 11 is 6.44. The van der Waals surface area contributed by atoms with Crippen LogP contribution in [0.2, 0.25) is 5.02 Å². The molecule has 0 spiro atoms. The van der Waals surface area contributed by atoms with Gasteiger partial charge in [-0.2, -0.15) is 5.10 Å². The number of hydrogen-bond acceptors (Lipinski definition) is 5. The van der Waals surface area contributed by atoms with Crippen molar-refractivity contribution in [2.24, 2.45) is 5.92 Å². The van der Waals surface area contributed by atoms with E-state index in [1.165, 1.54) is 0 Å². The Kier molecular flexibility index (Phi) is 8.50. The zero-order chi connectivity index (χ0) is 27.4. The minimum absolute atomic E-state index is 0.156. The molecule has 1 aliphatic rings. The number of aliphatic hydroxyl groups excluding tert-OH is 1. The summed E-state index contributed by atoms with van der Waals surface area (Å²) < 4.78 is 6.21. The fourth-order valence-corrected chi connectivity index (χ4v) is 5.46. The lowest BCUT2D eigenvalue weighted by Crippen LogP contribution is -2.39. The highest BCUT2D eigenvalue weighted by Gasteiger charge is 2.23. The number of piperidine rings is 1. The maximum atomic E-state index is 13.3. The van der Waals surface area contributed by atoms with Gasteiger partial charge in [0.2, 0.25) is 0 Å². The van der Waals surface area contributed by atoms with Gasteiger partial charge < -0.3 is 20.1 Å². The first-order chi connectivity index (χ1) is 18.9. The van der Waals surface area contributed by atoms with Gasteiger partial charge in [0.1, 0.15) is 11.9 Å². The van der Waals surface area contributed by atoms with E-state index < -0.39 is 0 Å². The van der Waals surface area contributed by atoms with Crippen LogP contribution < -0.4 is 10.1 Å². The van der Waals surface area contributed by atoms with Crippen LogP contribution in [0.4, 0.5) is 0 Å². The van der Waals surface area contributed by atoms with Gasteiger partial charge in [-0.15, -0.1) is 0 Å². The van der Waals surface area contributed by atoms with E-state index in [1.807, 2.05) is 66.7 Å². The maximum absolute atomic E-state index is 13.3. The van der Waals surface area contributed by atoms with Crippen LogP contribution in [-0.4, -0.2) is 58.5 Å². The zero-order valence-electron chi connectivity index (χ0n) is 22.4. The van der Waals surface area contributed by atoms with Crippen molar-refractivity contribution in [3.05, 3.63) is 82.9 Å². The molecule has 1 aromatic heterocycles. The summed E-state index contributed by atoms with van der Waals surface area (Å²) in [6.07, 6.45) is 2.08. The average molecular weight is 547 g/mol. The minimum Gasteiger partial charge on any atom is -0.490 e. The Morgan fingerprint density at radius 2 is 1.87 bits per heavy atom. The molecule has 8 heteroatoms. The fourth-order valence-electron chi connectivity index (χ4n) is 5.21. The first-order valence-corrected chi connectivity index (χ1v) is 13.9. The molecule has 1 amide bonds. The number of halogens is 1. The number of nitrogens with one attached hydrogen (secondary N) is 2. The van der Waals surface area contributed by atoms with E-state index in [4.69, 9.17) is 21.4 Å². The van der Waals surface area contributed by atoms with Crippen LogP contribution in [0.3, 0.4) is 0 Å². The van der Waals surface area contributed by atoms with Crippen LogP contribution in [0.1, 0.15) is 48.7 Å². The summed E-state index contributed by atoms with van der Waals surface area (Å²) in [5, 5.41) is 21.5. The van der Waals surface area contributed by atoms with E-state index in [-0.39, 0.29) is 30.6 Å². The molecule has 1 unspecified atom stereocenters. The van der Waals surface area contributed by atoms with Crippen molar-refractivity contribution in [3.63, 3.8) is 0 Å². The van der Waals surface area contributed by atoms with E-state index in [0.717, 1.165) is 65.9 Å². The molecule has 204 valence electrons. The minimum atomic E-state index is -0.208. The average Bonchev–Trinajstić information content (AvgIpc) is 3.37. The van der Waals surface area contributed by atoms with Crippen molar-refractivity contribution in [1.82, 2.24) is 20.4 Å². The molecule has 0 radical (unpaired) electrons. The van der Waals surface area contributed by atoms with Crippen molar-refractivity contribution in [1.29, 1.82) is 0 Å². The van der Waals surface area contributed by atoms with E-state index in [1.54, 1.807) is 0 Å². The molecule has 0 aliphatic carbocycles. The third-order valence-corrected chi connectivity index (χ3v) is 7.74. The predicted octanol–water partition coefficient (Wildman–Crippen LogP) is 5.85. The number of benzene rings is 3. The largest absolute Gasteiger partial charge is 0.490 e. The molecule has 2 heterocycles. The topological polar surface area (TPSA) is 90.5 Å². The number of amides is 1. The number of likely N-dealkylation sites (tertiary alicyclic amines) is 1. The summed E-state index contributed by atoms with van der Waals surface area (Å²) in [7, 11) is 0. The summed E-state index contributed by atoms with van der Waals surface area (Å²) in [5.41, 5.74) is 4.07. The number of carbonyl (C=O) groups is 1. The van der Waals surface area contributed by atoms with E-state index in [0.29, 0.717) is 10.6 Å². The van der Waals surface area contributed by atoms with Gasteiger partial charge in [0.05, 0.1) is 23.9 Å². The van der Waals surface area contributed by atoms with Crippen LogP contribution in [-0.2, 0) is 0 Å². The molecule has 1 saturated heterocycles. The van der Waals surface area contributed by atoms with Crippen molar-refractivity contribution >= 4 is 28.4 Å². The second kappa shape index (κ2) is 12.2. The molecule has 39 heavy (non-hydrogen) atoms. The fraction of sp³-hybridized carbons (Fsp3) is 0.355. The quantitative estimate of drug-likeness (QED) is 0.245. The number of aromatic amines is 1. The molecule has 3 N–H and O–H groups in total. The lowest BCUT2D eigenvalue weighted by molar-refractivity contribution is 0.0889. The molecule has 1 fully saturated rings. The zero-order valence-corrected chi connectivity index (χ0v) is 23.1. The first-order valence-electron chi connectivity index (χ1n) is 13.6. The van der Waals surface area contributed by atoms with Gasteiger partial charge >= 0.3 is 0 Å². The second-order valence-corrected chi connectivity index (χ2v) is 10.9. The summed E-state index contributed by atoms with van der Waals surface area (Å²) in [6.45, 7) is 6.94. The van der Waals surface area contributed by atoms with Gasteiger partial charge in [-0.1, -0.05) is 43.6 Å². The number of carbonyl (C=O) groups excluding carboxylic acids is 1. The van der Waals surface area contributed by atoms with Crippen molar-refractivity contribution in [2.45, 2.75) is 38.8 Å². The van der Waals surface area contributed by atoms with Gasteiger partial charge in [0, 0.05) is 41.2 Å². The van der Waals surface area contributed by atoms with Gasteiger partial charge in [0.25, 0.3) is 5.91 Å². The number of rotatable bonds is 9. The monoisotopic (exact) mass is 546 g/mol. The number of nitrogens with zero attached hydrogens (tertiary/aromatic N) is 2. The maximum Gasteiger partial charge on any atom is 0.251 e. The molecule has 0 saturated carbocycles. The van der Waals surface area contributed by atoms with E-state index in [9.17, 15) is 4.79 Å². The standard InChI is InChI=1S/C31H35ClN4O3/c1-20(2)29(25-5-3-4-6-27(25)32)33-31(38)22-9-12-28-26(19-22)30(35-34-28)21-7-10-23(11-8-21)39-24-13-15-36(16-14-24)17-18-37/h3-12,19-20,24,29,37H,13-18H2,1-2H3,(H,33,38)(H,34,35). The number of H-pyrrole nitrogens is 1. The molecule has 1 atom stereocenters. The summed E-state index contributed by atoms with van der Waals surface area (Å²) in [5.74, 6) is 0.839. The van der Waals surface area contributed by atoms with Gasteiger partial charge in [-0.3, -0.25) is 9.89 Å². The van der Waals surface area contributed by atoms with E-state index >= 15 is 0 Å². The third kappa shape index (κ3) is 6.27. The first kappa shape index (κ1) is 27.2. The lowest BCUT2D eigenvalue weighted by atomic mass is 9.95. The smallest absolute Gasteiger partial charge is 0.251 e. The molecule has 1 aliphatic heterocycles. The molecule has 0 bridgehead atoms. The second-order valence-electron chi connectivity index (χ2n) is 10.5. The normalized spacial score (nSPS) is 15.5. The molecular weight excluding hydrogens is 512 g/mol. The van der Waals surface area contributed by atoms with Crippen LogP contribution >= 0.6 is 11.6 Å². The number of fused-ring (bicyclic) bond motifs is 1. The number of hydrogen-bond donors (Lipinski definition) is 3. The molecular formula is C31H35ClN4O3. The Morgan fingerprint density at radius 3 is 2.56 bits per heavy atom. The van der Waals surface area contributed by atoms with Crippen LogP contribution in [0.5, 0.6) is 5.75 Å². The number of aromatic nitrogens is 2. The number of ether oxygens (including phenoxy) is 1. The Morgan fingerprint density at radius 1 is 1.13 bits per heavy atom. The van der Waals surface area contributed by atoms with Crippen LogP contribution in [0.25, 0.3) is 22.2 Å².